The van der Waals surface area contributed by atoms with Gasteiger partial charge in [0.1, 0.15) is 0 Å². The van der Waals surface area contributed by atoms with Crippen molar-refractivity contribution in [3.8, 4) is 0 Å². The summed E-state index contributed by atoms with van der Waals surface area (Å²) in [7, 11) is 0. The standard InChI is InChI=1S/C15H11ClF3NO3S/c16-11-4-3-9(15(17,18)19)6-12(11)20-13(21)8-23-14(22)7-10-2-1-5-24-10/h1-6H,7-8H2,(H,20,21). The summed E-state index contributed by atoms with van der Waals surface area (Å²) < 4.78 is 42.7. The zero-order valence-corrected chi connectivity index (χ0v) is 13.6. The second-order valence-corrected chi connectivity index (χ2v) is 6.10. The number of alkyl halides is 3. The van der Waals surface area contributed by atoms with Crippen molar-refractivity contribution in [3.63, 3.8) is 0 Å². The molecule has 1 aromatic heterocycles. The first-order chi connectivity index (χ1) is 11.3. The number of esters is 1. The molecule has 0 aliphatic heterocycles. The number of thiophene rings is 1. The molecule has 0 bridgehead atoms. The van der Waals surface area contributed by atoms with Crippen LogP contribution in [0.25, 0.3) is 0 Å². The van der Waals surface area contributed by atoms with Crippen LogP contribution in [-0.2, 0) is 26.9 Å². The van der Waals surface area contributed by atoms with E-state index < -0.39 is 30.2 Å². The fourth-order valence-corrected chi connectivity index (χ4v) is 2.59. The molecule has 1 heterocycles. The van der Waals surface area contributed by atoms with E-state index in [2.05, 4.69) is 5.32 Å². The number of ether oxygens (including phenoxy) is 1. The minimum atomic E-state index is -4.56. The van der Waals surface area contributed by atoms with Crippen molar-refractivity contribution in [2.45, 2.75) is 12.6 Å². The largest absolute Gasteiger partial charge is 0.455 e. The number of carbonyl (C=O) groups excluding carboxylic acids is 2. The summed E-state index contributed by atoms with van der Waals surface area (Å²) in [6.45, 7) is -0.614. The van der Waals surface area contributed by atoms with Gasteiger partial charge in [-0.05, 0) is 29.6 Å². The van der Waals surface area contributed by atoms with Crippen LogP contribution in [0.1, 0.15) is 10.4 Å². The van der Waals surface area contributed by atoms with Gasteiger partial charge in [0.2, 0.25) is 0 Å². The smallest absolute Gasteiger partial charge is 0.416 e. The first-order valence-electron chi connectivity index (χ1n) is 6.60. The maximum atomic E-state index is 12.6. The van der Waals surface area contributed by atoms with Gasteiger partial charge in [-0.2, -0.15) is 13.2 Å². The van der Waals surface area contributed by atoms with Gasteiger partial charge in [-0.15, -0.1) is 11.3 Å². The van der Waals surface area contributed by atoms with E-state index in [-0.39, 0.29) is 17.1 Å². The van der Waals surface area contributed by atoms with Crippen LogP contribution in [0.2, 0.25) is 5.02 Å². The lowest BCUT2D eigenvalue weighted by Crippen LogP contribution is -2.22. The third kappa shape index (κ3) is 5.24. The molecule has 2 aromatic rings. The lowest BCUT2D eigenvalue weighted by Gasteiger charge is -2.11. The normalized spacial score (nSPS) is 11.2. The second kappa shape index (κ2) is 7.67. The van der Waals surface area contributed by atoms with Crippen LogP contribution in [0.3, 0.4) is 0 Å². The lowest BCUT2D eigenvalue weighted by atomic mass is 10.2. The summed E-state index contributed by atoms with van der Waals surface area (Å²) in [5.41, 5.74) is -1.15. The highest BCUT2D eigenvalue weighted by Gasteiger charge is 2.31. The average molecular weight is 378 g/mol. The van der Waals surface area contributed by atoms with Crippen LogP contribution in [0.5, 0.6) is 0 Å². The molecule has 0 aliphatic carbocycles. The Kier molecular flexibility index (Phi) is 5.84. The lowest BCUT2D eigenvalue weighted by molar-refractivity contribution is -0.146. The van der Waals surface area contributed by atoms with Crippen LogP contribution in [-0.4, -0.2) is 18.5 Å². The fraction of sp³-hybridized carbons (Fsp3) is 0.200. The number of nitrogens with one attached hydrogen (secondary N) is 1. The highest BCUT2D eigenvalue weighted by Crippen LogP contribution is 2.33. The van der Waals surface area contributed by atoms with Crippen LogP contribution in [0, 0.1) is 0 Å². The van der Waals surface area contributed by atoms with E-state index in [1.165, 1.54) is 11.3 Å². The van der Waals surface area contributed by atoms with Gasteiger partial charge in [0, 0.05) is 4.88 Å². The van der Waals surface area contributed by atoms with E-state index in [1.54, 1.807) is 17.5 Å². The molecule has 0 radical (unpaired) electrons. The number of benzene rings is 1. The minimum absolute atomic E-state index is 0.0231. The van der Waals surface area contributed by atoms with Crippen LogP contribution in [0.15, 0.2) is 35.7 Å². The Morgan fingerprint density at radius 1 is 1.25 bits per heavy atom. The van der Waals surface area contributed by atoms with Gasteiger partial charge in [0.25, 0.3) is 5.91 Å². The predicted molar refractivity (Wildman–Crippen MR) is 84.1 cm³/mol. The number of hydrogen-bond donors (Lipinski definition) is 1. The topological polar surface area (TPSA) is 55.4 Å². The van der Waals surface area contributed by atoms with Gasteiger partial charge in [0.15, 0.2) is 6.61 Å². The molecule has 4 nitrogen and oxygen atoms in total. The number of hydrogen-bond acceptors (Lipinski definition) is 4. The molecule has 0 fully saturated rings. The van der Waals surface area contributed by atoms with E-state index in [0.29, 0.717) is 6.07 Å². The van der Waals surface area contributed by atoms with Crippen molar-refractivity contribution in [2.75, 3.05) is 11.9 Å². The molecule has 1 aromatic carbocycles. The second-order valence-electron chi connectivity index (χ2n) is 4.66. The van der Waals surface area contributed by atoms with E-state index >= 15 is 0 Å². The molecule has 9 heteroatoms. The van der Waals surface area contributed by atoms with Crippen molar-refractivity contribution in [1.29, 1.82) is 0 Å². The van der Waals surface area contributed by atoms with Crippen molar-refractivity contribution >= 4 is 40.5 Å². The van der Waals surface area contributed by atoms with Crippen LogP contribution < -0.4 is 5.32 Å². The van der Waals surface area contributed by atoms with Gasteiger partial charge < -0.3 is 10.1 Å². The molecule has 0 unspecified atom stereocenters. The Labute approximate surface area is 144 Å². The van der Waals surface area contributed by atoms with Crippen molar-refractivity contribution in [2.24, 2.45) is 0 Å². The number of halogens is 4. The minimum Gasteiger partial charge on any atom is -0.455 e. The average Bonchev–Trinajstić information content (AvgIpc) is 2.99. The summed E-state index contributed by atoms with van der Waals surface area (Å²) >= 11 is 7.13. The summed E-state index contributed by atoms with van der Waals surface area (Å²) in [6.07, 6.45) is -4.54. The fourth-order valence-electron chi connectivity index (χ4n) is 1.74. The zero-order valence-electron chi connectivity index (χ0n) is 12.0. The Balaban J connectivity index is 1.91. The first kappa shape index (κ1) is 18.3. The molecule has 0 atom stereocenters. The number of carbonyl (C=O) groups is 2. The number of rotatable bonds is 5. The maximum Gasteiger partial charge on any atom is 0.416 e. The van der Waals surface area contributed by atoms with Gasteiger partial charge >= 0.3 is 12.1 Å². The molecule has 2 rings (SSSR count). The third-order valence-electron chi connectivity index (χ3n) is 2.83. The number of anilines is 1. The highest BCUT2D eigenvalue weighted by atomic mass is 35.5. The Bertz CT molecular complexity index is 732. The molecule has 24 heavy (non-hydrogen) atoms. The van der Waals surface area contributed by atoms with Gasteiger partial charge in [-0.3, -0.25) is 9.59 Å². The van der Waals surface area contributed by atoms with Crippen molar-refractivity contribution in [3.05, 3.63) is 51.2 Å². The van der Waals surface area contributed by atoms with Gasteiger partial charge in [-0.1, -0.05) is 17.7 Å². The van der Waals surface area contributed by atoms with E-state index in [4.69, 9.17) is 16.3 Å². The van der Waals surface area contributed by atoms with E-state index in [0.717, 1.165) is 17.0 Å². The zero-order chi connectivity index (χ0) is 17.7. The molecule has 1 N–H and O–H groups in total. The summed E-state index contributed by atoms with van der Waals surface area (Å²) in [6, 6.07) is 6.07. The van der Waals surface area contributed by atoms with Crippen LogP contribution in [0.4, 0.5) is 18.9 Å². The molecule has 0 spiro atoms. The van der Waals surface area contributed by atoms with Gasteiger partial charge in [0.05, 0.1) is 22.7 Å². The predicted octanol–water partition coefficient (Wildman–Crippen LogP) is 4.14. The summed E-state index contributed by atoms with van der Waals surface area (Å²) in [5, 5.41) is 3.93. The molecular weight excluding hydrogens is 367 g/mol. The van der Waals surface area contributed by atoms with E-state index in [9.17, 15) is 22.8 Å². The summed E-state index contributed by atoms with van der Waals surface area (Å²) in [5.74, 6) is -1.39. The Morgan fingerprint density at radius 3 is 2.62 bits per heavy atom. The molecule has 0 aliphatic rings. The quantitative estimate of drug-likeness (QED) is 0.796. The molecule has 0 saturated carbocycles. The highest BCUT2D eigenvalue weighted by molar-refractivity contribution is 7.10. The monoisotopic (exact) mass is 377 g/mol. The van der Waals surface area contributed by atoms with E-state index in [1.807, 2.05) is 0 Å². The van der Waals surface area contributed by atoms with Gasteiger partial charge in [-0.25, -0.2) is 0 Å². The first-order valence-corrected chi connectivity index (χ1v) is 7.86. The molecular formula is C15H11ClF3NO3S. The van der Waals surface area contributed by atoms with Crippen LogP contribution >= 0.6 is 22.9 Å². The Hall–Kier alpha value is -2.06. The number of amides is 1. The third-order valence-corrected chi connectivity index (χ3v) is 4.04. The molecule has 0 saturated heterocycles. The SMILES string of the molecule is O=C(COC(=O)Cc1cccs1)Nc1cc(C(F)(F)F)ccc1Cl. The molecule has 128 valence electrons. The molecule has 1 amide bonds. The Morgan fingerprint density at radius 2 is 2.00 bits per heavy atom. The van der Waals surface area contributed by atoms with Crippen molar-refractivity contribution in [1.82, 2.24) is 0 Å². The maximum absolute atomic E-state index is 12.6. The summed E-state index contributed by atoms with van der Waals surface area (Å²) in [4.78, 5) is 24.0. The van der Waals surface area contributed by atoms with Crippen molar-refractivity contribution < 1.29 is 27.5 Å².